The van der Waals surface area contributed by atoms with Crippen molar-refractivity contribution in [3.63, 3.8) is 0 Å². The van der Waals surface area contributed by atoms with Gasteiger partial charge in [0.05, 0.1) is 12.5 Å². The van der Waals surface area contributed by atoms with Crippen LogP contribution in [0.25, 0.3) is 11.1 Å². The average molecular weight is 431 g/mol. The second kappa shape index (κ2) is 9.92. The molecule has 1 fully saturated rings. The predicted molar refractivity (Wildman–Crippen MR) is 125 cm³/mol. The number of hydrogen-bond acceptors (Lipinski definition) is 5. The van der Waals surface area contributed by atoms with Gasteiger partial charge in [0.1, 0.15) is 12.1 Å². The Hall–Kier alpha value is -3.25. The van der Waals surface area contributed by atoms with Crippen molar-refractivity contribution in [2.75, 3.05) is 27.2 Å². The molecule has 166 valence electrons. The van der Waals surface area contributed by atoms with Gasteiger partial charge < -0.3 is 10.1 Å². The Morgan fingerprint density at radius 3 is 2.56 bits per heavy atom. The molecule has 2 heterocycles. The van der Waals surface area contributed by atoms with Crippen LogP contribution in [0.5, 0.6) is 5.75 Å². The highest BCUT2D eigenvalue weighted by Crippen LogP contribution is 2.37. The van der Waals surface area contributed by atoms with E-state index < -0.39 is 5.41 Å². The number of benzene rings is 2. The lowest BCUT2D eigenvalue weighted by Crippen LogP contribution is -2.52. The van der Waals surface area contributed by atoms with Gasteiger partial charge in [0.2, 0.25) is 5.91 Å². The number of rotatable bonds is 7. The third-order valence-electron chi connectivity index (χ3n) is 6.37. The number of piperidine rings is 1. The molecule has 32 heavy (non-hydrogen) atoms. The number of nitrogens with one attached hydrogen (secondary N) is 1. The normalized spacial score (nSPS) is 18.8. The van der Waals surface area contributed by atoms with Gasteiger partial charge in [-0.15, -0.1) is 0 Å². The monoisotopic (exact) mass is 430 g/mol. The van der Waals surface area contributed by atoms with E-state index in [2.05, 4.69) is 38.4 Å². The molecule has 3 aromatic rings. The molecule has 0 radical (unpaired) electrons. The van der Waals surface area contributed by atoms with Gasteiger partial charge in [-0.05, 0) is 43.0 Å². The molecule has 0 saturated carbocycles. The average Bonchev–Trinajstić information content (AvgIpc) is 2.85. The van der Waals surface area contributed by atoms with Crippen LogP contribution in [0.1, 0.15) is 24.0 Å². The van der Waals surface area contributed by atoms with E-state index in [1.165, 1.54) is 6.33 Å². The second-order valence-corrected chi connectivity index (χ2v) is 8.45. The van der Waals surface area contributed by atoms with Gasteiger partial charge in [0.25, 0.3) is 0 Å². The first-order chi connectivity index (χ1) is 15.6. The number of carbonyl (C=O) groups excluding carboxylic acids is 1. The second-order valence-electron chi connectivity index (χ2n) is 8.45. The summed E-state index contributed by atoms with van der Waals surface area (Å²) in [4.78, 5) is 24.0. The van der Waals surface area contributed by atoms with Crippen molar-refractivity contribution in [1.82, 2.24) is 20.2 Å². The molecule has 1 amide bonds. The quantitative estimate of drug-likeness (QED) is 0.619. The van der Waals surface area contributed by atoms with Gasteiger partial charge in [-0.25, -0.2) is 9.97 Å². The summed E-state index contributed by atoms with van der Waals surface area (Å²) in [6, 6.07) is 16.4. The van der Waals surface area contributed by atoms with E-state index in [1.807, 2.05) is 42.7 Å². The topological polar surface area (TPSA) is 67.4 Å². The predicted octanol–water partition coefficient (Wildman–Crippen LogP) is 3.72. The van der Waals surface area contributed by atoms with E-state index in [-0.39, 0.29) is 5.91 Å². The van der Waals surface area contributed by atoms with Crippen LogP contribution in [0.2, 0.25) is 0 Å². The first kappa shape index (κ1) is 22.0. The van der Waals surface area contributed by atoms with Crippen molar-refractivity contribution in [3.8, 4) is 16.9 Å². The van der Waals surface area contributed by atoms with Crippen LogP contribution in [0, 0.1) is 5.41 Å². The summed E-state index contributed by atoms with van der Waals surface area (Å²) in [6.45, 7) is 2.42. The van der Waals surface area contributed by atoms with E-state index in [0.717, 1.165) is 53.9 Å². The van der Waals surface area contributed by atoms with Crippen molar-refractivity contribution >= 4 is 5.91 Å². The SMILES string of the molecule is CNC(=O)C1(Cc2ccccc2-c2cncnc2)CCCN(Cc2ccccc2OC)C1. The van der Waals surface area contributed by atoms with Gasteiger partial charge >= 0.3 is 0 Å². The number of carbonyl (C=O) groups is 1. The lowest BCUT2D eigenvalue weighted by Gasteiger charge is -2.42. The summed E-state index contributed by atoms with van der Waals surface area (Å²) in [5.74, 6) is 0.986. The maximum Gasteiger partial charge on any atom is 0.227 e. The number of nitrogens with zero attached hydrogens (tertiary/aromatic N) is 3. The zero-order chi connectivity index (χ0) is 22.4. The van der Waals surface area contributed by atoms with Crippen LogP contribution in [0.4, 0.5) is 0 Å². The van der Waals surface area contributed by atoms with Crippen LogP contribution < -0.4 is 10.1 Å². The molecule has 4 rings (SSSR count). The van der Waals surface area contributed by atoms with Gasteiger partial charge in [0, 0.05) is 43.7 Å². The molecule has 1 aliphatic rings. The largest absolute Gasteiger partial charge is 0.496 e. The molecule has 0 aliphatic carbocycles. The lowest BCUT2D eigenvalue weighted by molar-refractivity contribution is -0.134. The number of aromatic nitrogens is 2. The Kier molecular flexibility index (Phi) is 6.81. The Labute approximate surface area is 189 Å². The summed E-state index contributed by atoms with van der Waals surface area (Å²) < 4.78 is 5.55. The van der Waals surface area contributed by atoms with Crippen molar-refractivity contribution in [3.05, 3.63) is 78.4 Å². The molecule has 1 unspecified atom stereocenters. The van der Waals surface area contributed by atoms with Crippen LogP contribution >= 0.6 is 0 Å². The Morgan fingerprint density at radius 2 is 1.81 bits per heavy atom. The maximum atomic E-state index is 13.3. The Bertz CT molecular complexity index is 1060. The van der Waals surface area contributed by atoms with Crippen LogP contribution in [0.15, 0.2) is 67.3 Å². The standard InChI is InChI=1S/C26H30N4O2/c1-27-25(31)26(14-20-8-3-5-10-23(20)22-15-28-19-29-16-22)12-7-13-30(18-26)17-21-9-4-6-11-24(21)32-2/h3-6,8-11,15-16,19H,7,12-14,17-18H2,1-2H3,(H,27,31). The first-order valence-electron chi connectivity index (χ1n) is 11.0. The highest BCUT2D eigenvalue weighted by atomic mass is 16.5. The molecule has 1 aliphatic heterocycles. The minimum atomic E-state index is -0.499. The molecular weight excluding hydrogens is 400 g/mol. The molecule has 6 heteroatoms. The summed E-state index contributed by atoms with van der Waals surface area (Å²) in [5.41, 5.74) is 3.84. The summed E-state index contributed by atoms with van der Waals surface area (Å²) in [5, 5.41) is 2.95. The highest BCUT2D eigenvalue weighted by molar-refractivity contribution is 5.83. The van der Waals surface area contributed by atoms with Crippen molar-refractivity contribution in [2.24, 2.45) is 5.41 Å². The fourth-order valence-corrected chi connectivity index (χ4v) is 4.87. The van der Waals surface area contributed by atoms with Crippen LogP contribution in [-0.4, -0.2) is 48.0 Å². The van der Waals surface area contributed by atoms with Gasteiger partial charge in [0.15, 0.2) is 0 Å². The maximum absolute atomic E-state index is 13.3. The Morgan fingerprint density at radius 1 is 1.09 bits per heavy atom. The van der Waals surface area contributed by atoms with Crippen LogP contribution in [0.3, 0.4) is 0 Å². The first-order valence-corrected chi connectivity index (χ1v) is 11.0. The summed E-state index contributed by atoms with van der Waals surface area (Å²) in [6.07, 6.45) is 7.68. The molecule has 1 aromatic heterocycles. The number of hydrogen-bond donors (Lipinski definition) is 1. The van der Waals surface area contributed by atoms with Gasteiger partial charge in [-0.1, -0.05) is 42.5 Å². The third kappa shape index (κ3) is 4.65. The molecule has 1 atom stereocenters. The fourth-order valence-electron chi connectivity index (χ4n) is 4.87. The highest BCUT2D eigenvalue weighted by Gasteiger charge is 2.42. The van der Waals surface area contributed by atoms with Crippen molar-refractivity contribution in [2.45, 2.75) is 25.8 Å². The Balaban J connectivity index is 1.63. The fraction of sp³-hybridized carbons (Fsp3) is 0.346. The van der Waals surface area contributed by atoms with Gasteiger partial charge in [-0.3, -0.25) is 9.69 Å². The number of ether oxygens (including phenoxy) is 1. The van der Waals surface area contributed by atoms with E-state index in [4.69, 9.17) is 4.74 Å². The lowest BCUT2D eigenvalue weighted by atomic mass is 9.73. The smallest absolute Gasteiger partial charge is 0.227 e. The summed E-state index contributed by atoms with van der Waals surface area (Å²) >= 11 is 0. The molecule has 1 saturated heterocycles. The summed E-state index contributed by atoms with van der Waals surface area (Å²) in [7, 11) is 3.44. The van der Waals surface area contributed by atoms with Crippen LogP contribution in [-0.2, 0) is 17.8 Å². The van der Waals surface area contributed by atoms with Crippen molar-refractivity contribution in [1.29, 1.82) is 0 Å². The molecule has 0 bridgehead atoms. The van der Waals surface area contributed by atoms with E-state index in [9.17, 15) is 4.79 Å². The zero-order valence-corrected chi connectivity index (χ0v) is 18.8. The molecule has 2 aromatic carbocycles. The van der Waals surface area contributed by atoms with Gasteiger partial charge in [-0.2, -0.15) is 0 Å². The van der Waals surface area contributed by atoms with Crippen molar-refractivity contribution < 1.29 is 9.53 Å². The zero-order valence-electron chi connectivity index (χ0n) is 18.8. The number of methoxy groups -OCH3 is 1. The molecule has 0 spiro atoms. The minimum Gasteiger partial charge on any atom is -0.496 e. The minimum absolute atomic E-state index is 0.0985. The van der Waals surface area contributed by atoms with E-state index in [1.54, 1.807) is 14.2 Å². The third-order valence-corrected chi connectivity index (χ3v) is 6.37. The van der Waals surface area contributed by atoms with E-state index in [0.29, 0.717) is 13.0 Å². The molecule has 6 nitrogen and oxygen atoms in total. The van der Waals surface area contributed by atoms with E-state index >= 15 is 0 Å². The number of para-hydroxylation sites is 1. The number of likely N-dealkylation sites (tertiary alicyclic amines) is 1. The molecule has 1 N–H and O–H groups in total. The molecular formula is C26H30N4O2. The number of amides is 1.